The maximum Gasteiger partial charge on any atom is 0.421 e. The molecule has 4 rings (SSSR count). The van der Waals surface area contributed by atoms with Gasteiger partial charge in [0, 0.05) is 36.8 Å². The first-order valence-electron chi connectivity index (χ1n) is 10.1. The molecule has 2 aliphatic carbocycles. The number of carbonyl (C=O) groups is 1. The number of nitrogens with zero attached hydrogens (tertiary/aromatic N) is 2. The van der Waals surface area contributed by atoms with Crippen molar-refractivity contribution in [2.24, 2.45) is 0 Å². The maximum atomic E-state index is 13.1. The number of hydrogen-bond donors (Lipinski definition) is 1. The fourth-order valence-electron chi connectivity index (χ4n) is 4.20. The first-order valence-corrected chi connectivity index (χ1v) is 10.1. The third-order valence-corrected chi connectivity index (χ3v) is 6.38. The van der Waals surface area contributed by atoms with Gasteiger partial charge in [-0.2, -0.15) is 13.2 Å². The molecule has 1 saturated heterocycles. The van der Waals surface area contributed by atoms with E-state index in [0.29, 0.717) is 5.56 Å². The lowest BCUT2D eigenvalue weighted by Gasteiger charge is -2.39. The Morgan fingerprint density at radius 2 is 1.54 bits per heavy atom. The number of amides is 1. The fourth-order valence-corrected chi connectivity index (χ4v) is 4.20. The van der Waals surface area contributed by atoms with Crippen molar-refractivity contribution >= 4 is 5.91 Å². The van der Waals surface area contributed by atoms with Crippen LogP contribution in [-0.4, -0.2) is 58.2 Å². The van der Waals surface area contributed by atoms with Gasteiger partial charge < -0.3 is 14.9 Å². The van der Waals surface area contributed by atoms with Gasteiger partial charge in [-0.05, 0) is 63.1 Å². The zero-order valence-corrected chi connectivity index (χ0v) is 16.1. The summed E-state index contributed by atoms with van der Waals surface area (Å²) < 4.78 is 39.1. The molecular formula is C21H27F3N2O2. The van der Waals surface area contributed by atoms with Crippen LogP contribution in [0.2, 0.25) is 0 Å². The third-order valence-electron chi connectivity index (χ3n) is 6.38. The molecule has 7 heteroatoms. The first kappa shape index (κ1) is 19.7. The second-order valence-corrected chi connectivity index (χ2v) is 8.59. The minimum absolute atomic E-state index is 0.106. The van der Waals surface area contributed by atoms with E-state index in [1.807, 2.05) is 4.90 Å². The van der Waals surface area contributed by atoms with Gasteiger partial charge in [0.25, 0.3) is 5.91 Å². The van der Waals surface area contributed by atoms with E-state index in [4.69, 9.17) is 0 Å². The zero-order chi connectivity index (χ0) is 20.1. The minimum atomic E-state index is -4.77. The van der Waals surface area contributed by atoms with E-state index in [-0.39, 0.29) is 23.6 Å². The van der Waals surface area contributed by atoms with Crippen LogP contribution in [0.1, 0.15) is 61.4 Å². The molecule has 1 heterocycles. The Balaban J connectivity index is 1.47. The zero-order valence-electron chi connectivity index (χ0n) is 16.1. The van der Waals surface area contributed by atoms with Gasteiger partial charge in [0.1, 0.15) is 0 Å². The minimum Gasteiger partial charge on any atom is -0.376 e. The van der Waals surface area contributed by atoms with Gasteiger partial charge in [-0.1, -0.05) is 12.1 Å². The Labute approximate surface area is 163 Å². The second-order valence-electron chi connectivity index (χ2n) is 8.59. The molecule has 0 unspecified atom stereocenters. The predicted molar refractivity (Wildman–Crippen MR) is 98.9 cm³/mol. The number of carbonyl (C=O) groups excluding carboxylic acids is 1. The van der Waals surface area contributed by atoms with Crippen LogP contribution in [0.15, 0.2) is 24.3 Å². The topological polar surface area (TPSA) is 43.8 Å². The van der Waals surface area contributed by atoms with Gasteiger partial charge in [0.05, 0.1) is 0 Å². The number of aliphatic hydroxyl groups is 1. The van der Waals surface area contributed by atoms with Crippen LogP contribution >= 0.6 is 0 Å². The molecule has 3 fully saturated rings. The summed E-state index contributed by atoms with van der Waals surface area (Å²) in [6, 6.07) is 6.43. The quantitative estimate of drug-likeness (QED) is 0.826. The van der Waals surface area contributed by atoms with Crippen LogP contribution in [0.3, 0.4) is 0 Å². The number of benzene rings is 1. The molecule has 1 amide bonds. The lowest BCUT2D eigenvalue weighted by molar-refractivity contribution is -0.258. The average Bonchev–Trinajstić information content (AvgIpc) is 3.55. The largest absolute Gasteiger partial charge is 0.421 e. The molecule has 0 aromatic heterocycles. The summed E-state index contributed by atoms with van der Waals surface area (Å²) in [4.78, 5) is 17.6. The Morgan fingerprint density at radius 1 is 1.00 bits per heavy atom. The number of likely N-dealkylation sites (tertiary alicyclic amines) is 1. The van der Waals surface area contributed by atoms with E-state index in [9.17, 15) is 23.1 Å². The molecule has 3 aliphatic rings. The van der Waals surface area contributed by atoms with Crippen molar-refractivity contribution in [2.75, 3.05) is 13.1 Å². The molecule has 0 radical (unpaired) electrons. The number of piperidine rings is 1. The number of halogens is 3. The van der Waals surface area contributed by atoms with Crippen LogP contribution in [0.25, 0.3) is 0 Å². The highest BCUT2D eigenvalue weighted by molar-refractivity contribution is 5.95. The summed E-state index contributed by atoms with van der Waals surface area (Å²) in [7, 11) is 0. The Bertz CT molecular complexity index is 716. The van der Waals surface area contributed by atoms with Gasteiger partial charge >= 0.3 is 6.18 Å². The Morgan fingerprint density at radius 3 is 2.00 bits per heavy atom. The molecule has 2 saturated carbocycles. The molecule has 1 aromatic rings. The Hall–Kier alpha value is -1.60. The molecule has 0 bridgehead atoms. The molecule has 1 atom stereocenters. The number of alkyl halides is 3. The molecule has 1 aromatic carbocycles. The summed E-state index contributed by atoms with van der Waals surface area (Å²) in [5, 5.41) is 9.81. The summed E-state index contributed by atoms with van der Waals surface area (Å²) >= 11 is 0. The molecule has 0 spiro atoms. The highest BCUT2D eigenvalue weighted by atomic mass is 19.4. The Kier molecular flexibility index (Phi) is 4.94. The average molecular weight is 396 g/mol. The van der Waals surface area contributed by atoms with E-state index in [0.717, 1.165) is 51.7 Å². The van der Waals surface area contributed by atoms with Crippen molar-refractivity contribution in [2.45, 2.75) is 75.4 Å². The molecule has 1 N–H and O–H groups in total. The normalized spacial score (nSPS) is 24.0. The van der Waals surface area contributed by atoms with Crippen LogP contribution in [0.4, 0.5) is 13.2 Å². The standard InChI is InChI=1S/C21H27F3N2O2/c1-20(28,21(22,23)24)15-4-2-14(3-5-15)19(27)26(17-8-9-17)18-10-12-25(13-11-18)16-6-7-16/h2-5,16-18,28H,6-13H2,1H3/t20-/m0/s1. The lowest BCUT2D eigenvalue weighted by atomic mass is 9.94. The maximum absolute atomic E-state index is 13.1. The van der Waals surface area contributed by atoms with Crippen molar-refractivity contribution in [3.8, 4) is 0 Å². The van der Waals surface area contributed by atoms with E-state index < -0.39 is 11.8 Å². The molecule has 154 valence electrons. The van der Waals surface area contributed by atoms with E-state index in [1.165, 1.54) is 37.1 Å². The lowest BCUT2D eigenvalue weighted by Crippen LogP contribution is -2.48. The van der Waals surface area contributed by atoms with Crippen molar-refractivity contribution in [1.29, 1.82) is 0 Å². The van der Waals surface area contributed by atoms with Gasteiger partial charge in [-0.25, -0.2) is 0 Å². The monoisotopic (exact) mass is 396 g/mol. The van der Waals surface area contributed by atoms with Crippen molar-refractivity contribution in [3.05, 3.63) is 35.4 Å². The van der Waals surface area contributed by atoms with Crippen molar-refractivity contribution in [1.82, 2.24) is 9.80 Å². The summed E-state index contributed by atoms with van der Waals surface area (Å²) in [6.45, 7) is 2.76. The first-order chi connectivity index (χ1) is 13.2. The van der Waals surface area contributed by atoms with E-state index in [1.54, 1.807) is 0 Å². The second kappa shape index (κ2) is 7.02. The molecule has 1 aliphatic heterocycles. The van der Waals surface area contributed by atoms with E-state index >= 15 is 0 Å². The van der Waals surface area contributed by atoms with Crippen LogP contribution in [0.5, 0.6) is 0 Å². The van der Waals surface area contributed by atoms with Crippen molar-refractivity contribution in [3.63, 3.8) is 0 Å². The van der Waals surface area contributed by atoms with Gasteiger partial charge in [0.15, 0.2) is 5.60 Å². The van der Waals surface area contributed by atoms with Crippen LogP contribution in [0, 0.1) is 0 Å². The third kappa shape index (κ3) is 3.79. The van der Waals surface area contributed by atoms with E-state index in [2.05, 4.69) is 4.90 Å². The highest BCUT2D eigenvalue weighted by Crippen LogP contribution is 2.39. The molecule has 28 heavy (non-hydrogen) atoms. The number of hydrogen-bond acceptors (Lipinski definition) is 3. The summed E-state index contributed by atoms with van der Waals surface area (Å²) in [5.74, 6) is -0.106. The van der Waals surface area contributed by atoms with Gasteiger partial charge in [-0.15, -0.1) is 0 Å². The van der Waals surface area contributed by atoms with Crippen LogP contribution < -0.4 is 0 Å². The smallest absolute Gasteiger partial charge is 0.376 e. The fraction of sp³-hybridized carbons (Fsp3) is 0.667. The summed E-state index contributed by atoms with van der Waals surface area (Å²) in [6.07, 6.45) is 1.70. The van der Waals surface area contributed by atoms with Gasteiger partial charge in [-0.3, -0.25) is 4.79 Å². The number of rotatable bonds is 5. The summed E-state index contributed by atoms with van der Waals surface area (Å²) in [5.41, 5.74) is -2.80. The van der Waals surface area contributed by atoms with Crippen LogP contribution in [-0.2, 0) is 5.60 Å². The SMILES string of the molecule is C[C@](O)(c1ccc(C(=O)N(C2CC2)C2CCN(C3CC3)CC2)cc1)C(F)(F)F. The predicted octanol–water partition coefficient (Wildman–Crippen LogP) is 3.69. The van der Waals surface area contributed by atoms with Crippen molar-refractivity contribution < 1.29 is 23.1 Å². The van der Waals surface area contributed by atoms with Gasteiger partial charge in [0.2, 0.25) is 0 Å². The molecule has 4 nitrogen and oxygen atoms in total. The molecular weight excluding hydrogens is 369 g/mol. The highest BCUT2D eigenvalue weighted by Gasteiger charge is 2.51.